The number of alkyl halides is 2. The maximum Gasteiger partial charge on any atom is 0.251 e. The molecule has 1 aromatic carbocycles. The molecule has 1 saturated heterocycles. The summed E-state index contributed by atoms with van der Waals surface area (Å²) >= 11 is 0. The minimum atomic E-state index is -2.67. The van der Waals surface area contributed by atoms with Gasteiger partial charge in [-0.2, -0.15) is 0 Å². The molecule has 0 radical (unpaired) electrons. The molecule has 1 aliphatic heterocycles. The molecule has 5 heteroatoms. The topological polar surface area (TPSA) is 12.0 Å². The van der Waals surface area contributed by atoms with Crippen LogP contribution in [0.4, 0.5) is 13.2 Å². The lowest BCUT2D eigenvalue weighted by molar-refractivity contribution is -0.0611. The summed E-state index contributed by atoms with van der Waals surface area (Å²) in [7, 11) is 0. The largest absolute Gasteiger partial charge is 0.307 e. The normalized spacial score (nSPS) is 27.3. The Morgan fingerprint density at radius 2 is 2.00 bits per heavy atom. The van der Waals surface area contributed by atoms with Crippen LogP contribution >= 0.6 is 12.4 Å². The fourth-order valence-electron chi connectivity index (χ4n) is 2.23. The molecule has 17 heavy (non-hydrogen) atoms. The smallest absolute Gasteiger partial charge is 0.251 e. The zero-order chi connectivity index (χ0) is 11.8. The third-order valence-corrected chi connectivity index (χ3v) is 3.08. The van der Waals surface area contributed by atoms with Gasteiger partial charge in [-0.1, -0.05) is 12.1 Å². The molecule has 1 aromatic rings. The van der Waals surface area contributed by atoms with E-state index in [9.17, 15) is 13.2 Å². The van der Waals surface area contributed by atoms with Crippen molar-refractivity contribution in [3.8, 4) is 0 Å². The van der Waals surface area contributed by atoms with Crippen LogP contribution in [-0.4, -0.2) is 12.5 Å². The zero-order valence-corrected chi connectivity index (χ0v) is 10.3. The standard InChI is InChI=1S/C12H14F3N.ClH/c1-11(8-12(14,15)5-6-16-11)9-3-2-4-10(13)7-9;/h2-4,7,16H,5-6,8H2,1H3;1H. The second-order valence-corrected chi connectivity index (χ2v) is 4.55. The first-order valence-electron chi connectivity index (χ1n) is 5.30. The van der Waals surface area contributed by atoms with Gasteiger partial charge in [0.05, 0.1) is 0 Å². The minimum Gasteiger partial charge on any atom is -0.307 e. The number of nitrogens with one attached hydrogen (secondary N) is 1. The Kier molecular flexibility index (Phi) is 4.10. The summed E-state index contributed by atoms with van der Waals surface area (Å²) in [4.78, 5) is 0. The number of piperidine rings is 1. The second-order valence-electron chi connectivity index (χ2n) is 4.55. The van der Waals surface area contributed by atoms with Crippen LogP contribution in [0, 0.1) is 5.82 Å². The van der Waals surface area contributed by atoms with E-state index in [-0.39, 0.29) is 31.8 Å². The number of halogens is 4. The first kappa shape index (κ1) is 14.3. The molecular weight excluding hydrogens is 251 g/mol. The highest BCUT2D eigenvalue weighted by Crippen LogP contribution is 2.38. The van der Waals surface area contributed by atoms with Crippen LogP contribution in [0.15, 0.2) is 24.3 Å². The Hall–Kier alpha value is -0.740. The maximum atomic E-state index is 13.4. The lowest BCUT2D eigenvalue weighted by Gasteiger charge is -2.39. The van der Waals surface area contributed by atoms with E-state index in [2.05, 4.69) is 5.32 Å². The van der Waals surface area contributed by atoms with Crippen molar-refractivity contribution in [3.63, 3.8) is 0 Å². The van der Waals surface area contributed by atoms with Gasteiger partial charge in [0, 0.05) is 24.9 Å². The van der Waals surface area contributed by atoms with Crippen molar-refractivity contribution in [1.29, 1.82) is 0 Å². The Bertz CT molecular complexity index is 397. The molecule has 0 bridgehead atoms. The molecule has 1 unspecified atom stereocenters. The van der Waals surface area contributed by atoms with E-state index in [0.29, 0.717) is 5.56 Å². The number of benzene rings is 1. The highest BCUT2D eigenvalue weighted by molar-refractivity contribution is 5.85. The highest BCUT2D eigenvalue weighted by atomic mass is 35.5. The van der Waals surface area contributed by atoms with Gasteiger partial charge < -0.3 is 5.32 Å². The molecule has 1 N–H and O–H groups in total. The van der Waals surface area contributed by atoms with Crippen LogP contribution in [0.25, 0.3) is 0 Å². The Labute approximate surface area is 105 Å². The van der Waals surface area contributed by atoms with E-state index in [1.54, 1.807) is 19.1 Å². The molecule has 96 valence electrons. The van der Waals surface area contributed by atoms with Crippen molar-refractivity contribution in [1.82, 2.24) is 5.32 Å². The summed E-state index contributed by atoms with van der Waals surface area (Å²) in [5.41, 5.74) is -0.268. The third kappa shape index (κ3) is 3.13. The number of hydrogen-bond acceptors (Lipinski definition) is 1. The average Bonchev–Trinajstić information content (AvgIpc) is 2.15. The first-order valence-corrected chi connectivity index (χ1v) is 5.30. The van der Waals surface area contributed by atoms with Gasteiger partial charge in [0.15, 0.2) is 0 Å². The van der Waals surface area contributed by atoms with Gasteiger partial charge in [-0.25, -0.2) is 13.2 Å². The summed E-state index contributed by atoms with van der Waals surface area (Å²) in [5, 5.41) is 3.05. The van der Waals surface area contributed by atoms with Gasteiger partial charge in [-0.05, 0) is 24.6 Å². The molecule has 1 heterocycles. The van der Waals surface area contributed by atoms with Crippen molar-refractivity contribution in [2.75, 3.05) is 6.54 Å². The van der Waals surface area contributed by atoms with Crippen LogP contribution in [-0.2, 0) is 5.54 Å². The van der Waals surface area contributed by atoms with Gasteiger partial charge in [-0.3, -0.25) is 0 Å². The van der Waals surface area contributed by atoms with E-state index >= 15 is 0 Å². The van der Waals surface area contributed by atoms with Crippen molar-refractivity contribution in [2.45, 2.75) is 31.2 Å². The van der Waals surface area contributed by atoms with Gasteiger partial charge in [0.1, 0.15) is 5.82 Å². The SMILES string of the molecule is CC1(c2cccc(F)c2)CC(F)(F)CCN1.Cl. The van der Waals surface area contributed by atoms with Crippen LogP contribution in [0.3, 0.4) is 0 Å². The number of hydrogen-bond donors (Lipinski definition) is 1. The van der Waals surface area contributed by atoms with E-state index in [0.717, 1.165) is 0 Å². The molecule has 1 atom stereocenters. The molecule has 0 saturated carbocycles. The van der Waals surface area contributed by atoms with Crippen molar-refractivity contribution < 1.29 is 13.2 Å². The van der Waals surface area contributed by atoms with Crippen molar-refractivity contribution >= 4 is 12.4 Å². The number of rotatable bonds is 1. The summed E-state index contributed by atoms with van der Waals surface area (Å²) < 4.78 is 39.8. The lowest BCUT2D eigenvalue weighted by Crippen LogP contribution is -2.50. The van der Waals surface area contributed by atoms with Crippen molar-refractivity contribution in [3.05, 3.63) is 35.6 Å². The van der Waals surface area contributed by atoms with Gasteiger partial charge in [0.2, 0.25) is 0 Å². The van der Waals surface area contributed by atoms with E-state index in [4.69, 9.17) is 0 Å². The van der Waals surface area contributed by atoms with Gasteiger partial charge in [-0.15, -0.1) is 12.4 Å². The fourth-order valence-corrected chi connectivity index (χ4v) is 2.23. The molecule has 0 aliphatic carbocycles. The Balaban J connectivity index is 0.00000144. The minimum absolute atomic E-state index is 0. The second kappa shape index (κ2) is 4.86. The summed E-state index contributed by atoms with van der Waals surface area (Å²) in [5.74, 6) is -3.07. The van der Waals surface area contributed by atoms with E-state index in [1.807, 2.05) is 0 Å². The van der Waals surface area contributed by atoms with Crippen LogP contribution in [0.1, 0.15) is 25.3 Å². The average molecular weight is 266 g/mol. The van der Waals surface area contributed by atoms with Gasteiger partial charge in [0.25, 0.3) is 5.92 Å². The Morgan fingerprint density at radius 1 is 1.29 bits per heavy atom. The molecule has 2 rings (SSSR count). The quantitative estimate of drug-likeness (QED) is 0.820. The van der Waals surface area contributed by atoms with Crippen LogP contribution < -0.4 is 5.32 Å². The van der Waals surface area contributed by atoms with E-state index < -0.39 is 17.3 Å². The van der Waals surface area contributed by atoms with Gasteiger partial charge >= 0.3 is 0 Å². The summed E-state index contributed by atoms with van der Waals surface area (Å²) in [6, 6.07) is 5.85. The third-order valence-electron chi connectivity index (χ3n) is 3.08. The molecule has 1 fully saturated rings. The zero-order valence-electron chi connectivity index (χ0n) is 9.47. The molecular formula is C12H15ClF3N. The fraction of sp³-hybridized carbons (Fsp3) is 0.500. The molecule has 0 aromatic heterocycles. The van der Waals surface area contributed by atoms with E-state index in [1.165, 1.54) is 12.1 Å². The molecule has 1 aliphatic rings. The predicted molar refractivity (Wildman–Crippen MR) is 63.2 cm³/mol. The first-order chi connectivity index (χ1) is 7.41. The van der Waals surface area contributed by atoms with Crippen molar-refractivity contribution in [2.24, 2.45) is 0 Å². The summed E-state index contributed by atoms with van der Waals surface area (Å²) in [6.45, 7) is 1.94. The molecule has 1 nitrogen and oxygen atoms in total. The highest BCUT2D eigenvalue weighted by Gasteiger charge is 2.43. The van der Waals surface area contributed by atoms with Crippen LogP contribution in [0.5, 0.6) is 0 Å². The summed E-state index contributed by atoms with van der Waals surface area (Å²) in [6.07, 6.45) is -0.443. The molecule has 0 spiro atoms. The lowest BCUT2D eigenvalue weighted by atomic mass is 9.82. The molecule has 0 amide bonds. The monoisotopic (exact) mass is 265 g/mol. The predicted octanol–water partition coefficient (Wildman–Crippen LogP) is 3.48. The Morgan fingerprint density at radius 3 is 2.59 bits per heavy atom. The van der Waals surface area contributed by atoms with Crippen LogP contribution in [0.2, 0.25) is 0 Å². The maximum absolute atomic E-state index is 13.4.